The molecule has 17 heavy (non-hydrogen) atoms. The maximum atomic E-state index is 11.8. The first-order valence-corrected chi connectivity index (χ1v) is 9.29. The number of hydrogen-bond donors (Lipinski definition) is 1. The van der Waals surface area contributed by atoms with Crippen molar-refractivity contribution in [3.63, 3.8) is 0 Å². The van der Waals surface area contributed by atoms with Crippen LogP contribution in [0, 0.1) is 5.92 Å². The van der Waals surface area contributed by atoms with Crippen molar-refractivity contribution >= 4 is 29.9 Å². The molecule has 1 heterocycles. The molecule has 0 radical (unpaired) electrons. The number of nitrogens with one attached hydrogen (secondary N) is 1. The molecule has 0 aromatic carbocycles. The number of nitrogens with zero attached hydrogens (tertiary/aromatic N) is 1. The summed E-state index contributed by atoms with van der Waals surface area (Å²) in [7, 11) is -2.24. The Balaban J connectivity index is 2.50. The van der Waals surface area contributed by atoms with Crippen LogP contribution in [-0.4, -0.2) is 46.5 Å². The van der Waals surface area contributed by atoms with Crippen LogP contribution in [0.2, 0.25) is 0 Å². The summed E-state index contributed by atoms with van der Waals surface area (Å²) in [6.07, 6.45) is 1.85. The molecule has 0 bridgehead atoms. The van der Waals surface area contributed by atoms with Gasteiger partial charge in [0.2, 0.25) is 9.05 Å². The van der Waals surface area contributed by atoms with Gasteiger partial charge in [-0.2, -0.15) is 12.7 Å². The Bertz CT molecular complexity index is 448. The molecule has 1 unspecified atom stereocenters. The molecule has 6 nitrogen and oxygen atoms in total. The number of hydrogen-bond acceptors (Lipinski definition) is 4. The van der Waals surface area contributed by atoms with Gasteiger partial charge in [-0.05, 0) is 18.8 Å². The van der Waals surface area contributed by atoms with Gasteiger partial charge in [-0.15, -0.1) is 0 Å². The monoisotopic (exact) mass is 304 g/mol. The highest BCUT2D eigenvalue weighted by Crippen LogP contribution is 2.17. The molecule has 1 aliphatic heterocycles. The fourth-order valence-corrected chi connectivity index (χ4v) is 3.82. The highest BCUT2D eigenvalue weighted by atomic mass is 35.7. The fraction of sp³-hybridized carbons (Fsp3) is 1.00. The lowest BCUT2D eigenvalue weighted by Gasteiger charge is -2.29. The summed E-state index contributed by atoms with van der Waals surface area (Å²) in [4.78, 5) is 0. The summed E-state index contributed by atoms with van der Waals surface area (Å²) in [6, 6.07) is 0. The van der Waals surface area contributed by atoms with E-state index in [9.17, 15) is 16.8 Å². The lowest BCUT2D eigenvalue weighted by Crippen LogP contribution is -2.46. The van der Waals surface area contributed by atoms with E-state index < -0.39 is 25.0 Å². The average molecular weight is 305 g/mol. The molecule has 1 rings (SSSR count). The Morgan fingerprint density at radius 3 is 2.53 bits per heavy atom. The summed E-state index contributed by atoms with van der Waals surface area (Å²) in [5.41, 5.74) is 0. The third-order valence-corrected chi connectivity index (χ3v) is 5.33. The van der Waals surface area contributed by atoms with Crippen LogP contribution < -0.4 is 4.72 Å². The minimum absolute atomic E-state index is 0.195. The van der Waals surface area contributed by atoms with Crippen LogP contribution in [0.15, 0.2) is 0 Å². The SMILES string of the molecule is CC1CCCN(S(=O)(=O)NCCS(=O)(=O)Cl)C1. The molecule has 1 fully saturated rings. The topological polar surface area (TPSA) is 83.6 Å². The summed E-state index contributed by atoms with van der Waals surface area (Å²) in [5.74, 6) is -0.0749. The van der Waals surface area contributed by atoms with E-state index in [0.29, 0.717) is 19.0 Å². The molecule has 1 N–H and O–H groups in total. The quantitative estimate of drug-likeness (QED) is 0.731. The second kappa shape index (κ2) is 5.83. The van der Waals surface area contributed by atoms with Crippen LogP contribution in [0.1, 0.15) is 19.8 Å². The summed E-state index contributed by atoms with van der Waals surface area (Å²) in [5, 5.41) is 0. The third-order valence-electron chi connectivity index (χ3n) is 2.59. The Kier molecular flexibility index (Phi) is 5.21. The van der Waals surface area contributed by atoms with Gasteiger partial charge in [0.05, 0.1) is 5.75 Å². The Hall–Kier alpha value is 0.110. The second-order valence-electron chi connectivity index (χ2n) is 4.25. The van der Waals surface area contributed by atoms with Gasteiger partial charge in [0.15, 0.2) is 0 Å². The predicted molar refractivity (Wildman–Crippen MR) is 66.5 cm³/mol. The van der Waals surface area contributed by atoms with Gasteiger partial charge in [0.25, 0.3) is 10.2 Å². The number of rotatable bonds is 5. The normalized spacial score (nSPS) is 23.8. The molecular weight excluding hydrogens is 288 g/mol. The van der Waals surface area contributed by atoms with Crippen molar-refractivity contribution in [3.05, 3.63) is 0 Å². The largest absolute Gasteiger partial charge is 0.279 e. The molecular formula is C8H17ClN2O4S2. The Labute approximate surface area is 107 Å². The van der Waals surface area contributed by atoms with E-state index in [0.717, 1.165) is 12.8 Å². The smallest absolute Gasteiger partial charge is 0.212 e. The first-order valence-electron chi connectivity index (χ1n) is 5.38. The Morgan fingerprint density at radius 2 is 2.00 bits per heavy atom. The lowest BCUT2D eigenvalue weighted by molar-refractivity contribution is 0.278. The van der Waals surface area contributed by atoms with Gasteiger partial charge in [-0.1, -0.05) is 6.92 Å². The van der Waals surface area contributed by atoms with Crippen molar-refractivity contribution in [2.24, 2.45) is 5.92 Å². The van der Waals surface area contributed by atoms with Crippen LogP contribution >= 0.6 is 10.7 Å². The van der Waals surface area contributed by atoms with Gasteiger partial charge in [0, 0.05) is 30.3 Å². The van der Waals surface area contributed by atoms with Gasteiger partial charge in [-0.3, -0.25) is 0 Å². The molecule has 0 amide bonds. The van der Waals surface area contributed by atoms with E-state index in [1.165, 1.54) is 4.31 Å². The van der Waals surface area contributed by atoms with Crippen LogP contribution in [-0.2, 0) is 19.3 Å². The van der Waals surface area contributed by atoms with Gasteiger partial charge >= 0.3 is 0 Å². The van der Waals surface area contributed by atoms with E-state index in [1.807, 2.05) is 6.92 Å². The van der Waals surface area contributed by atoms with E-state index in [-0.39, 0.29) is 6.54 Å². The van der Waals surface area contributed by atoms with Crippen LogP contribution in [0.5, 0.6) is 0 Å². The molecule has 0 aliphatic carbocycles. The summed E-state index contributed by atoms with van der Waals surface area (Å²) >= 11 is 0. The molecule has 1 atom stereocenters. The van der Waals surface area contributed by atoms with Crippen molar-refractivity contribution in [2.75, 3.05) is 25.4 Å². The second-order valence-corrected chi connectivity index (χ2v) is 8.90. The molecule has 0 saturated carbocycles. The molecule has 102 valence electrons. The zero-order chi connectivity index (χ0) is 13.1. The maximum Gasteiger partial charge on any atom is 0.279 e. The minimum Gasteiger partial charge on any atom is -0.212 e. The zero-order valence-corrected chi connectivity index (χ0v) is 12.0. The molecule has 1 saturated heterocycles. The van der Waals surface area contributed by atoms with E-state index in [2.05, 4.69) is 4.72 Å². The fourth-order valence-electron chi connectivity index (χ4n) is 1.75. The minimum atomic E-state index is -3.66. The van der Waals surface area contributed by atoms with E-state index >= 15 is 0 Å². The molecule has 9 heteroatoms. The van der Waals surface area contributed by atoms with E-state index in [1.54, 1.807) is 0 Å². The molecule has 0 aromatic heterocycles. The third kappa shape index (κ3) is 5.52. The summed E-state index contributed by atoms with van der Waals surface area (Å²) in [6.45, 7) is 2.75. The number of halogens is 1. The number of piperidine rings is 1. The summed E-state index contributed by atoms with van der Waals surface area (Å²) < 4.78 is 48.5. The first kappa shape index (κ1) is 15.2. The van der Waals surface area contributed by atoms with E-state index in [4.69, 9.17) is 10.7 Å². The van der Waals surface area contributed by atoms with Crippen molar-refractivity contribution in [1.29, 1.82) is 0 Å². The van der Waals surface area contributed by atoms with Crippen molar-refractivity contribution in [2.45, 2.75) is 19.8 Å². The maximum absolute atomic E-state index is 11.8. The Morgan fingerprint density at radius 1 is 1.35 bits per heavy atom. The molecule has 0 spiro atoms. The van der Waals surface area contributed by atoms with Crippen molar-refractivity contribution < 1.29 is 16.8 Å². The van der Waals surface area contributed by atoms with Gasteiger partial charge < -0.3 is 0 Å². The molecule has 1 aliphatic rings. The zero-order valence-electron chi connectivity index (χ0n) is 9.59. The standard InChI is InChI=1S/C8H17ClN2O4S2/c1-8-3-2-5-11(7-8)17(14,15)10-4-6-16(9,12)13/h8,10H,2-7H2,1H3. The van der Waals surface area contributed by atoms with Gasteiger partial charge in [0.1, 0.15) is 0 Å². The first-order chi connectivity index (χ1) is 7.71. The van der Waals surface area contributed by atoms with Gasteiger partial charge in [-0.25, -0.2) is 13.1 Å². The predicted octanol–water partition coefficient (Wildman–Crippen LogP) is 0.121. The van der Waals surface area contributed by atoms with Crippen molar-refractivity contribution in [3.8, 4) is 0 Å². The van der Waals surface area contributed by atoms with Crippen LogP contribution in [0.3, 0.4) is 0 Å². The van der Waals surface area contributed by atoms with Crippen molar-refractivity contribution in [1.82, 2.24) is 9.03 Å². The highest BCUT2D eigenvalue weighted by molar-refractivity contribution is 8.13. The van der Waals surface area contributed by atoms with Crippen LogP contribution in [0.4, 0.5) is 0 Å². The molecule has 0 aromatic rings. The average Bonchev–Trinajstić information content (AvgIpc) is 2.15. The highest BCUT2D eigenvalue weighted by Gasteiger charge is 2.26. The van der Waals surface area contributed by atoms with Crippen LogP contribution in [0.25, 0.3) is 0 Å². The lowest BCUT2D eigenvalue weighted by atomic mass is 10.0.